The normalized spacial score (nSPS) is 12.5. The zero-order valence-electron chi connectivity index (χ0n) is 9.67. The lowest BCUT2D eigenvalue weighted by Gasteiger charge is -2.07. The van der Waals surface area contributed by atoms with Crippen LogP contribution in [0.2, 0.25) is 0 Å². The molecule has 1 unspecified atom stereocenters. The number of alkyl halides is 1. The van der Waals surface area contributed by atoms with Crippen molar-refractivity contribution in [3.63, 3.8) is 0 Å². The minimum atomic E-state index is -0.278. The zero-order chi connectivity index (χ0) is 12.1. The number of esters is 1. The van der Waals surface area contributed by atoms with Crippen LogP contribution in [0.4, 0.5) is 0 Å². The number of rotatable bonds is 5. The van der Waals surface area contributed by atoms with Crippen molar-refractivity contribution in [3.05, 3.63) is 21.4 Å². The number of halogens is 1. The van der Waals surface area contributed by atoms with Crippen LogP contribution in [0.1, 0.15) is 15.3 Å². The second-order valence-corrected chi connectivity index (χ2v) is 6.02. The van der Waals surface area contributed by atoms with Crippen LogP contribution in [0.15, 0.2) is 6.07 Å². The predicted molar refractivity (Wildman–Crippen MR) is 70.2 cm³/mol. The fourth-order valence-corrected chi connectivity index (χ4v) is 2.71. The third-order valence-corrected chi connectivity index (χ3v) is 4.15. The number of hydrogen-bond acceptors (Lipinski definition) is 4. The highest BCUT2D eigenvalue weighted by Crippen LogP contribution is 2.20. The molecule has 0 aliphatic carbocycles. The van der Waals surface area contributed by atoms with E-state index in [2.05, 4.69) is 45.9 Å². The van der Waals surface area contributed by atoms with Gasteiger partial charge in [0.2, 0.25) is 0 Å². The molecule has 1 atom stereocenters. The van der Waals surface area contributed by atoms with Crippen LogP contribution in [0.5, 0.6) is 0 Å². The molecular weight excluding hydrogens is 290 g/mol. The lowest BCUT2D eigenvalue weighted by atomic mass is 10.3. The van der Waals surface area contributed by atoms with Crippen LogP contribution in [-0.2, 0) is 16.1 Å². The van der Waals surface area contributed by atoms with Gasteiger partial charge in [-0.3, -0.25) is 4.79 Å². The molecule has 0 spiro atoms. The van der Waals surface area contributed by atoms with E-state index >= 15 is 0 Å². The highest BCUT2D eigenvalue weighted by atomic mass is 79.9. The maximum atomic E-state index is 11.1. The highest BCUT2D eigenvalue weighted by molar-refractivity contribution is 9.10. The Morgan fingerprint density at radius 1 is 1.62 bits per heavy atom. The van der Waals surface area contributed by atoms with E-state index in [1.807, 2.05) is 0 Å². The van der Waals surface area contributed by atoms with Gasteiger partial charge in [-0.1, -0.05) is 15.9 Å². The molecule has 0 aliphatic rings. The molecule has 0 fully saturated rings. The standard InChI is InChI=1S/C11H16BrNO2S/c1-7-4-9(16-8(7)2)5-13-6-10(12)11(14)15-3/h4,10,13H,5-6H2,1-3H3. The summed E-state index contributed by atoms with van der Waals surface area (Å²) in [6.07, 6.45) is 0. The number of carbonyl (C=O) groups excluding carboxylic acids is 1. The number of methoxy groups -OCH3 is 1. The first-order chi connectivity index (χ1) is 7.54. The number of aryl methyl sites for hydroxylation is 2. The van der Waals surface area contributed by atoms with Gasteiger partial charge in [0.15, 0.2) is 0 Å². The molecule has 0 bridgehead atoms. The number of thiophene rings is 1. The average Bonchev–Trinajstić information content (AvgIpc) is 2.57. The van der Waals surface area contributed by atoms with Gasteiger partial charge in [0, 0.05) is 22.8 Å². The van der Waals surface area contributed by atoms with Crippen LogP contribution in [0, 0.1) is 13.8 Å². The van der Waals surface area contributed by atoms with Crippen LogP contribution in [0.3, 0.4) is 0 Å². The van der Waals surface area contributed by atoms with Gasteiger partial charge in [-0.25, -0.2) is 0 Å². The molecule has 0 radical (unpaired) electrons. The topological polar surface area (TPSA) is 38.3 Å². The molecule has 90 valence electrons. The van der Waals surface area contributed by atoms with Crippen LogP contribution in [0.25, 0.3) is 0 Å². The van der Waals surface area contributed by atoms with E-state index in [-0.39, 0.29) is 10.8 Å². The van der Waals surface area contributed by atoms with Crippen molar-refractivity contribution in [1.82, 2.24) is 5.32 Å². The number of ether oxygens (including phenoxy) is 1. The molecule has 16 heavy (non-hydrogen) atoms. The van der Waals surface area contributed by atoms with E-state index in [1.54, 1.807) is 11.3 Å². The van der Waals surface area contributed by atoms with E-state index in [4.69, 9.17) is 0 Å². The van der Waals surface area contributed by atoms with Crippen molar-refractivity contribution in [2.75, 3.05) is 13.7 Å². The minimum Gasteiger partial charge on any atom is -0.468 e. The number of nitrogens with one attached hydrogen (secondary N) is 1. The molecular formula is C11H16BrNO2S. The summed E-state index contributed by atoms with van der Waals surface area (Å²) in [5, 5.41) is 3.22. The lowest BCUT2D eigenvalue weighted by Crippen LogP contribution is -2.29. The minimum absolute atomic E-state index is 0.244. The molecule has 0 aromatic carbocycles. The molecule has 0 saturated heterocycles. The van der Waals surface area contributed by atoms with Gasteiger partial charge < -0.3 is 10.1 Å². The molecule has 3 nitrogen and oxygen atoms in total. The fraction of sp³-hybridized carbons (Fsp3) is 0.545. The Morgan fingerprint density at radius 2 is 2.31 bits per heavy atom. The zero-order valence-corrected chi connectivity index (χ0v) is 12.1. The van der Waals surface area contributed by atoms with Crippen LogP contribution >= 0.6 is 27.3 Å². The fourth-order valence-electron chi connectivity index (χ4n) is 1.27. The predicted octanol–water partition coefficient (Wildman–Crippen LogP) is 2.39. The van der Waals surface area contributed by atoms with Gasteiger partial charge >= 0.3 is 5.97 Å². The first kappa shape index (κ1) is 13.7. The summed E-state index contributed by atoms with van der Waals surface area (Å²) in [5.74, 6) is -0.244. The average molecular weight is 306 g/mol. The van der Waals surface area contributed by atoms with Crippen LogP contribution < -0.4 is 5.32 Å². The molecule has 1 aromatic heterocycles. The van der Waals surface area contributed by atoms with Crippen LogP contribution in [-0.4, -0.2) is 24.5 Å². The molecule has 0 saturated carbocycles. The first-order valence-electron chi connectivity index (χ1n) is 5.03. The Labute approximate surface area is 108 Å². The van der Waals surface area contributed by atoms with Crippen molar-refractivity contribution >= 4 is 33.2 Å². The van der Waals surface area contributed by atoms with Gasteiger partial charge in [0.05, 0.1) is 7.11 Å². The Morgan fingerprint density at radius 3 is 2.81 bits per heavy atom. The summed E-state index contributed by atoms with van der Waals surface area (Å²) in [6, 6.07) is 2.17. The van der Waals surface area contributed by atoms with Gasteiger partial charge in [-0.05, 0) is 25.5 Å². The van der Waals surface area contributed by atoms with E-state index in [9.17, 15) is 4.79 Å². The molecule has 1 heterocycles. The monoisotopic (exact) mass is 305 g/mol. The van der Waals surface area contributed by atoms with Crippen molar-refractivity contribution in [2.45, 2.75) is 25.2 Å². The molecule has 0 aliphatic heterocycles. The second kappa shape index (κ2) is 6.37. The lowest BCUT2D eigenvalue weighted by molar-refractivity contribution is -0.139. The van der Waals surface area contributed by atoms with Crippen molar-refractivity contribution in [3.8, 4) is 0 Å². The molecule has 1 rings (SSSR count). The Kier molecular flexibility index (Phi) is 5.44. The maximum absolute atomic E-state index is 11.1. The Bertz CT molecular complexity index is 345. The second-order valence-electron chi connectivity index (χ2n) is 3.57. The largest absolute Gasteiger partial charge is 0.468 e. The maximum Gasteiger partial charge on any atom is 0.320 e. The molecule has 0 amide bonds. The van der Waals surface area contributed by atoms with E-state index < -0.39 is 0 Å². The molecule has 1 N–H and O–H groups in total. The summed E-state index contributed by atoms with van der Waals surface area (Å²) >= 11 is 5.05. The van der Waals surface area contributed by atoms with Gasteiger partial charge in [0.25, 0.3) is 0 Å². The highest BCUT2D eigenvalue weighted by Gasteiger charge is 2.14. The third kappa shape index (κ3) is 3.88. The van der Waals surface area contributed by atoms with E-state index in [0.717, 1.165) is 6.54 Å². The Hall–Kier alpha value is -0.390. The van der Waals surface area contributed by atoms with Crippen molar-refractivity contribution in [2.24, 2.45) is 0 Å². The summed E-state index contributed by atoms with van der Waals surface area (Å²) in [5.41, 5.74) is 1.32. The van der Waals surface area contributed by atoms with Gasteiger partial charge in [-0.15, -0.1) is 11.3 Å². The van der Waals surface area contributed by atoms with E-state index in [0.29, 0.717) is 6.54 Å². The van der Waals surface area contributed by atoms with Gasteiger partial charge in [0.1, 0.15) is 4.83 Å². The number of carbonyl (C=O) groups is 1. The summed E-state index contributed by atoms with van der Waals surface area (Å²) < 4.78 is 4.61. The van der Waals surface area contributed by atoms with E-state index in [1.165, 1.54) is 22.4 Å². The number of hydrogen-bond donors (Lipinski definition) is 1. The third-order valence-electron chi connectivity index (χ3n) is 2.30. The SMILES string of the molecule is COC(=O)C(Br)CNCc1cc(C)c(C)s1. The molecule has 5 heteroatoms. The summed E-state index contributed by atoms with van der Waals surface area (Å²) in [7, 11) is 1.39. The summed E-state index contributed by atoms with van der Waals surface area (Å²) in [6.45, 7) is 5.59. The van der Waals surface area contributed by atoms with Gasteiger partial charge in [-0.2, -0.15) is 0 Å². The van der Waals surface area contributed by atoms with Crippen molar-refractivity contribution < 1.29 is 9.53 Å². The molecule has 1 aromatic rings. The first-order valence-corrected chi connectivity index (χ1v) is 6.76. The quantitative estimate of drug-likeness (QED) is 0.670. The smallest absolute Gasteiger partial charge is 0.320 e. The Balaban J connectivity index is 2.33. The summed E-state index contributed by atoms with van der Waals surface area (Å²) in [4.78, 5) is 13.5. The van der Waals surface area contributed by atoms with Crippen molar-refractivity contribution in [1.29, 1.82) is 0 Å².